The van der Waals surface area contributed by atoms with Crippen LogP contribution in [-0.2, 0) is 4.74 Å². The number of nitrogens with zero attached hydrogens (tertiary/aromatic N) is 1. The molecule has 0 aliphatic heterocycles. The lowest BCUT2D eigenvalue weighted by molar-refractivity contribution is 0.0683. The Hall–Kier alpha value is -1.26. The fourth-order valence-corrected chi connectivity index (χ4v) is 3.58. The minimum atomic E-state index is -0.868. The SMILES string of the molecule is COCC[C@H](c1ccccc1Cl)N(C(=O)O)C1CCCCC1. The topological polar surface area (TPSA) is 49.8 Å². The van der Waals surface area contributed by atoms with Crippen molar-refractivity contribution in [1.29, 1.82) is 0 Å². The summed E-state index contributed by atoms with van der Waals surface area (Å²) < 4.78 is 5.19. The van der Waals surface area contributed by atoms with E-state index in [1.165, 1.54) is 6.42 Å². The Kier molecular flexibility index (Phi) is 6.52. The predicted octanol–water partition coefficient (Wildman–Crippen LogP) is 4.73. The minimum Gasteiger partial charge on any atom is -0.465 e. The molecule has 1 N–H and O–H groups in total. The molecule has 1 atom stereocenters. The smallest absolute Gasteiger partial charge is 0.408 e. The van der Waals surface area contributed by atoms with E-state index in [-0.39, 0.29) is 12.1 Å². The van der Waals surface area contributed by atoms with Gasteiger partial charge < -0.3 is 9.84 Å². The van der Waals surface area contributed by atoms with Gasteiger partial charge in [0.15, 0.2) is 0 Å². The molecule has 1 aliphatic rings. The van der Waals surface area contributed by atoms with Gasteiger partial charge in [0.1, 0.15) is 0 Å². The maximum Gasteiger partial charge on any atom is 0.408 e. The van der Waals surface area contributed by atoms with Crippen molar-refractivity contribution in [3.05, 3.63) is 34.9 Å². The van der Waals surface area contributed by atoms with Crippen LogP contribution < -0.4 is 0 Å². The van der Waals surface area contributed by atoms with E-state index in [2.05, 4.69) is 0 Å². The molecule has 0 bridgehead atoms. The highest BCUT2D eigenvalue weighted by Gasteiger charge is 2.33. The van der Waals surface area contributed by atoms with Gasteiger partial charge in [-0.1, -0.05) is 49.1 Å². The molecule has 0 unspecified atom stereocenters. The lowest BCUT2D eigenvalue weighted by Gasteiger charge is -2.38. The van der Waals surface area contributed by atoms with Crippen molar-refractivity contribution in [2.75, 3.05) is 13.7 Å². The number of hydrogen-bond acceptors (Lipinski definition) is 2. The van der Waals surface area contributed by atoms with E-state index >= 15 is 0 Å². The molecule has 0 heterocycles. The van der Waals surface area contributed by atoms with Gasteiger partial charge in [-0.05, 0) is 30.9 Å². The first-order valence-electron chi connectivity index (χ1n) is 7.89. The lowest BCUT2D eigenvalue weighted by Crippen LogP contribution is -2.43. The monoisotopic (exact) mass is 325 g/mol. The van der Waals surface area contributed by atoms with Crippen molar-refractivity contribution in [1.82, 2.24) is 4.90 Å². The molecule has 2 rings (SSSR count). The highest BCUT2D eigenvalue weighted by atomic mass is 35.5. The molecule has 5 heteroatoms. The van der Waals surface area contributed by atoms with Crippen molar-refractivity contribution in [3.63, 3.8) is 0 Å². The number of methoxy groups -OCH3 is 1. The van der Waals surface area contributed by atoms with Crippen LogP contribution in [-0.4, -0.2) is 35.9 Å². The second kappa shape index (κ2) is 8.39. The zero-order valence-electron chi connectivity index (χ0n) is 13.0. The third-order valence-electron chi connectivity index (χ3n) is 4.38. The van der Waals surface area contributed by atoms with Gasteiger partial charge in [-0.15, -0.1) is 0 Å². The molecule has 1 aromatic rings. The lowest BCUT2D eigenvalue weighted by atomic mass is 9.91. The first-order valence-corrected chi connectivity index (χ1v) is 8.27. The number of ether oxygens (including phenoxy) is 1. The molecular weight excluding hydrogens is 302 g/mol. The molecule has 1 aromatic carbocycles. The Bertz CT molecular complexity index is 489. The Labute approximate surface area is 137 Å². The number of carbonyl (C=O) groups is 1. The van der Waals surface area contributed by atoms with E-state index in [4.69, 9.17) is 16.3 Å². The summed E-state index contributed by atoms with van der Waals surface area (Å²) in [4.78, 5) is 13.5. The summed E-state index contributed by atoms with van der Waals surface area (Å²) >= 11 is 6.33. The maximum absolute atomic E-state index is 11.9. The van der Waals surface area contributed by atoms with Crippen LogP contribution in [0, 0.1) is 0 Å². The molecule has 1 aliphatic carbocycles. The number of carboxylic acid groups (broad SMARTS) is 1. The second-order valence-electron chi connectivity index (χ2n) is 5.80. The largest absolute Gasteiger partial charge is 0.465 e. The molecular formula is C17H24ClNO3. The average Bonchev–Trinajstić information content (AvgIpc) is 2.52. The van der Waals surface area contributed by atoms with E-state index < -0.39 is 6.09 Å². The predicted molar refractivity (Wildman–Crippen MR) is 87.4 cm³/mol. The molecule has 22 heavy (non-hydrogen) atoms. The van der Waals surface area contributed by atoms with Crippen LogP contribution >= 0.6 is 11.6 Å². The highest BCUT2D eigenvalue weighted by Crippen LogP contribution is 2.35. The normalized spacial score (nSPS) is 17.2. The van der Waals surface area contributed by atoms with Crippen LogP contribution in [0.25, 0.3) is 0 Å². The van der Waals surface area contributed by atoms with Crippen LogP contribution in [0.5, 0.6) is 0 Å². The van der Waals surface area contributed by atoms with Crippen molar-refractivity contribution < 1.29 is 14.6 Å². The highest BCUT2D eigenvalue weighted by molar-refractivity contribution is 6.31. The van der Waals surface area contributed by atoms with Gasteiger partial charge in [0.05, 0.1) is 6.04 Å². The molecule has 122 valence electrons. The standard InChI is InChI=1S/C17H24ClNO3/c1-22-12-11-16(14-9-5-6-10-15(14)18)19(17(20)21)13-7-3-2-4-8-13/h5-6,9-10,13,16H,2-4,7-8,11-12H2,1H3,(H,20,21)/t16-/m1/s1. The van der Waals surface area contributed by atoms with Crippen LogP contribution in [0.3, 0.4) is 0 Å². The molecule has 1 amide bonds. The first kappa shape index (κ1) is 17.1. The van der Waals surface area contributed by atoms with Crippen LogP contribution in [0.2, 0.25) is 5.02 Å². The summed E-state index contributed by atoms with van der Waals surface area (Å²) in [6.07, 6.45) is 4.98. The molecule has 0 saturated heterocycles. The summed E-state index contributed by atoms with van der Waals surface area (Å²) in [5.41, 5.74) is 0.870. The van der Waals surface area contributed by atoms with Gasteiger partial charge in [-0.2, -0.15) is 0 Å². The Morgan fingerprint density at radius 1 is 1.36 bits per heavy atom. The number of amides is 1. The molecule has 1 saturated carbocycles. The summed E-state index contributed by atoms with van der Waals surface area (Å²) in [6, 6.07) is 7.32. The number of rotatable bonds is 6. The first-order chi connectivity index (χ1) is 10.6. The fraction of sp³-hybridized carbons (Fsp3) is 0.588. The zero-order chi connectivity index (χ0) is 15.9. The van der Waals surface area contributed by atoms with Gasteiger partial charge in [-0.3, -0.25) is 4.90 Å². The summed E-state index contributed by atoms with van der Waals surface area (Å²) in [5, 5.41) is 10.4. The third-order valence-corrected chi connectivity index (χ3v) is 4.73. The van der Waals surface area contributed by atoms with Crippen molar-refractivity contribution in [2.24, 2.45) is 0 Å². The van der Waals surface area contributed by atoms with Gasteiger partial charge in [0.25, 0.3) is 0 Å². The summed E-state index contributed by atoms with van der Waals surface area (Å²) in [6.45, 7) is 0.506. The van der Waals surface area contributed by atoms with Crippen LogP contribution in [0.4, 0.5) is 4.79 Å². The van der Waals surface area contributed by atoms with E-state index in [0.717, 1.165) is 31.2 Å². The van der Waals surface area contributed by atoms with Crippen molar-refractivity contribution in [2.45, 2.75) is 50.6 Å². The Balaban J connectivity index is 2.31. The van der Waals surface area contributed by atoms with Crippen molar-refractivity contribution in [3.8, 4) is 0 Å². The number of benzene rings is 1. The van der Waals surface area contributed by atoms with Gasteiger partial charge in [-0.25, -0.2) is 4.79 Å². The van der Waals surface area contributed by atoms with E-state index in [9.17, 15) is 9.90 Å². The van der Waals surface area contributed by atoms with Gasteiger partial charge in [0, 0.05) is 24.8 Å². The van der Waals surface area contributed by atoms with Gasteiger partial charge in [0.2, 0.25) is 0 Å². The van der Waals surface area contributed by atoms with E-state index in [1.807, 2.05) is 24.3 Å². The second-order valence-corrected chi connectivity index (χ2v) is 6.21. The molecule has 0 radical (unpaired) electrons. The van der Waals surface area contributed by atoms with Crippen LogP contribution in [0.1, 0.15) is 50.1 Å². The van der Waals surface area contributed by atoms with Crippen molar-refractivity contribution >= 4 is 17.7 Å². The van der Waals surface area contributed by atoms with Gasteiger partial charge >= 0.3 is 6.09 Å². The zero-order valence-corrected chi connectivity index (χ0v) is 13.8. The fourth-order valence-electron chi connectivity index (χ4n) is 3.32. The number of hydrogen-bond donors (Lipinski definition) is 1. The molecule has 1 fully saturated rings. The average molecular weight is 326 g/mol. The van der Waals surface area contributed by atoms with E-state index in [1.54, 1.807) is 12.0 Å². The van der Waals surface area contributed by atoms with E-state index in [0.29, 0.717) is 18.1 Å². The minimum absolute atomic E-state index is 0.0735. The molecule has 4 nitrogen and oxygen atoms in total. The molecule has 0 spiro atoms. The maximum atomic E-state index is 11.9. The molecule has 0 aromatic heterocycles. The Morgan fingerprint density at radius 2 is 2.05 bits per heavy atom. The summed E-state index contributed by atoms with van der Waals surface area (Å²) in [5.74, 6) is 0. The number of halogens is 1. The quantitative estimate of drug-likeness (QED) is 0.822. The Morgan fingerprint density at radius 3 is 2.64 bits per heavy atom. The van der Waals surface area contributed by atoms with Crippen LogP contribution in [0.15, 0.2) is 24.3 Å². The third kappa shape index (κ3) is 4.14. The summed E-state index contributed by atoms with van der Waals surface area (Å²) in [7, 11) is 1.63.